The molecule has 4 aliphatic heterocycles. The first-order valence-corrected chi connectivity index (χ1v) is 27.7. The summed E-state index contributed by atoms with van der Waals surface area (Å²) in [5, 5.41) is 3.25. The third-order valence-electron chi connectivity index (χ3n) is 14.6. The minimum absolute atomic E-state index is 0.0581. The van der Waals surface area contributed by atoms with E-state index in [4.69, 9.17) is 28.1 Å². The SMILES string of the molecule is C=CCOC(=O)CCCCCCCCCCCCCCOC(=O)C1[C@H]2CC[C@@H](CC3(CC/C=C\[C@@H](CC)O[Si](C(C)C)(C(C)C)C(C)C)OCCO3)N2C(=O)N[C@@]12CCC[C@@H](C)O2. The molecule has 0 aromatic rings. The van der Waals surface area contributed by atoms with Gasteiger partial charge in [-0.15, -0.1) is 0 Å². The van der Waals surface area contributed by atoms with Crippen LogP contribution in [-0.4, -0.2) is 93.4 Å². The maximum Gasteiger partial charge on any atom is 0.320 e. The third kappa shape index (κ3) is 15.1. The Morgan fingerprint density at radius 3 is 2.05 bits per heavy atom. The van der Waals surface area contributed by atoms with E-state index in [1.165, 1.54) is 44.9 Å². The second-order valence-corrected chi connectivity index (χ2v) is 25.5. The molecule has 63 heavy (non-hydrogen) atoms. The van der Waals surface area contributed by atoms with E-state index in [0.29, 0.717) is 75.2 Å². The normalized spacial score (nSPS) is 25.3. The molecule has 362 valence electrons. The van der Waals surface area contributed by atoms with Gasteiger partial charge >= 0.3 is 18.0 Å². The predicted octanol–water partition coefficient (Wildman–Crippen LogP) is 12.2. The number of ether oxygens (including phenoxy) is 5. The van der Waals surface area contributed by atoms with Gasteiger partial charge in [-0.1, -0.05) is 137 Å². The van der Waals surface area contributed by atoms with Crippen LogP contribution in [0.4, 0.5) is 4.79 Å². The van der Waals surface area contributed by atoms with E-state index in [2.05, 4.69) is 72.5 Å². The fourth-order valence-electron chi connectivity index (χ4n) is 11.5. The van der Waals surface area contributed by atoms with E-state index in [-0.39, 0.29) is 42.3 Å². The van der Waals surface area contributed by atoms with E-state index in [1.54, 1.807) is 6.08 Å². The molecule has 6 atom stereocenters. The number of amides is 2. The number of allylic oxidation sites excluding steroid dienone is 1. The summed E-state index contributed by atoms with van der Waals surface area (Å²) in [4.78, 5) is 41.8. The number of carbonyl (C=O) groups is 3. The molecule has 0 aliphatic carbocycles. The highest BCUT2D eigenvalue weighted by molar-refractivity contribution is 6.77. The number of carbonyl (C=O) groups excluding carboxylic acids is 3. The summed E-state index contributed by atoms with van der Waals surface area (Å²) in [7, 11) is -2.02. The predicted molar refractivity (Wildman–Crippen MR) is 254 cm³/mol. The number of hydrogen-bond acceptors (Lipinski definition) is 9. The van der Waals surface area contributed by atoms with Gasteiger partial charge in [0.05, 0.1) is 38.1 Å². The average Bonchev–Trinajstić information content (AvgIpc) is 3.88. The van der Waals surface area contributed by atoms with Gasteiger partial charge in [-0.2, -0.15) is 0 Å². The van der Waals surface area contributed by atoms with Crippen molar-refractivity contribution < 1.29 is 42.5 Å². The summed E-state index contributed by atoms with van der Waals surface area (Å²) < 4.78 is 37.6. The Labute approximate surface area is 384 Å². The van der Waals surface area contributed by atoms with Crippen molar-refractivity contribution in [1.82, 2.24) is 10.2 Å². The third-order valence-corrected chi connectivity index (χ3v) is 20.7. The van der Waals surface area contributed by atoms with Crippen LogP contribution in [0.5, 0.6) is 0 Å². The van der Waals surface area contributed by atoms with Crippen molar-refractivity contribution in [3.05, 3.63) is 24.8 Å². The summed E-state index contributed by atoms with van der Waals surface area (Å²) >= 11 is 0. The zero-order valence-electron chi connectivity index (χ0n) is 41.1. The smallest absolute Gasteiger partial charge is 0.320 e. The van der Waals surface area contributed by atoms with Gasteiger partial charge < -0.3 is 38.3 Å². The van der Waals surface area contributed by atoms with Gasteiger partial charge in [0, 0.05) is 25.3 Å². The molecule has 0 radical (unpaired) electrons. The Balaban J connectivity index is 1.25. The fraction of sp³-hybridized carbons (Fsp3) is 0.863. The highest BCUT2D eigenvalue weighted by Crippen LogP contribution is 2.47. The minimum Gasteiger partial charge on any atom is -0.465 e. The molecule has 4 rings (SSSR count). The van der Waals surface area contributed by atoms with Gasteiger partial charge in [-0.05, 0) is 81.3 Å². The largest absolute Gasteiger partial charge is 0.465 e. The van der Waals surface area contributed by atoms with Crippen molar-refractivity contribution in [2.45, 2.75) is 249 Å². The van der Waals surface area contributed by atoms with Crippen LogP contribution in [0, 0.1) is 5.92 Å². The number of esters is 2. The number of unbranched alkanes of at least 4 members (excludes halogenated alkanes) is 11. The molecule has 0 bridgehead atoms. The summed E-state index contributed by atoms with van der Waals surface area (Å²) in [5.41, 5.74) is 0.528. The number of fused-ring (bicyclic) bond motifs is 1. The Morgan fingerprint density at radius 2 is 1.48 bits per heavy atom. The van der Waals surface area contributed by atoms with Crippen molar-refractivity contribution in [3.63, 3.8) is 0 Å². The van der Waals surface area contributed by atoms with Gasteiger partial charge in [-0.3, -0.25) is 9.59 Å². The molecule has 4 heterocycles. The topological polar surface area (TPSA) is 122 Å². The fourth-order valence-corrected chi connectivity index (χ4v) is 17.1. The Hall–Kier alpha value is -2.25. The number of nitrogens with one attached hydrogen (secondary N) is 1. The van der Waals surface area contributed by atoms with Crippen LogP contribution < -0.4 is 5.32 Å². The summed E-state index contributed by atoms with van der Waals surface area (Å²) in [5.74, 6) is -1.77. The van der Waals surface area contributed by atoms with Crippen molar-refractivity contribution in [2.24, 2.45) is 5.92 Å². The molecular weight excluding hydrogens is 813 g/mol. The van der Waals surface area contributed by atoms with E-state index in [1.807, 2.05) is 11.8 Å². The van der Waals surface area contributed by atoms with Crippen LogP contribution in [-0.2, 0) is 37.7 Å². The van der Waals surface area contributed by atoms with Crippen molar-refractivity contribution in [1.29, 1.82) is 0 Å². The van der Waals surface area contributed by atoms with Crippen LogP contribution in [0.2, 0.25) is 16.6 Å². The lowest BCUT2D eigenvalue weighted by atomic mass is 9.80. The molecule has 0 saturated carbocycles. The number of rotatable bonds is 30. The van der Waals surface area contributed by atoms with Crippen LogP contribution >= 0.6 is 0 Å². The van der Waals surface area contributed by atoms with E-state index < -0.39 is 25.7 Å². The van der Waals surface area contributed by atoms with Gasteiger partial charge in [0.15, 0.2) is 11.5 Å². The first kappa shape index (κ1) is 53.4. The highest BCUT2D eigenvalue weighted by atomic mass is 28.4. The molecule has 0 aromatic carbocycles. The zero-order chi connectivity index (χ0) is 45.9. The zero-order valence-corrected chi connectivity index (χ0v) is 42.1. The maximum absolute atomic E-state index is 14.2. The monoisotopic (exact) mass is 903 g/mol. The van der Waals surface area contributed by atoms with E-state index in [0.717, 1.165) is 64.2 Å². The quantitative estimate of drug-likeness (QED) is 0.0325. The van der Waals surface area contributed by atoms with E-state index in [9.17, 15) is 14.4 Å². The van der Waals surface area contributed by atoms with Crippen LogP contribution in [0.3, 0.4) is 0 Å². The standard InChI is InChI=1S/C51H90N2O9Si/c1-10-34-57-46(54)29-22-20-18-16-14-12-13-15-17-19-21-25-35-58-48(55)47-45-31-30-43(53(45)49(56)52-51(47)33-26-27-42(9)61-51)38-50(59-36-37-60-50)32-24-23-28-44(11-2)62-63(39(3)4,40(5)6)41(7)8/h10,23,28,39-45,47H,1,11-22,24-27,29-38H2,2-9H3,(H,52,56)/b28-23-/t42-,43+,44-,45-,47?,51-/m1/s1. The molecule has 0 aromatic heterocycles. The van der Waals surface area contributed by atoms with Crippen molar-refractivity contribution in [3.8, 4) is 0 Å². The minimum atomic E-state index is -2.02. The van der Waals surface area contributed by atoms with Gasteiger partial charge in [0.1, 0.15) is 12.5 Å². The van der Waals surface area contributed by atoms with Crippen LogP contribution in [0.15, 0.2) is 24.8 Å². The molecular formula is C51H90N2O9Si. The lowest BCUT2D eigenvalue weighted by Crippen LogP contribution is -2.72. The molecule has 1 N–H and O–H groups in total. The lowest BCUT2D eigenvalue weighted by molar-refractivity contribution is -0.207. The van der Waals surface area contributed by atoms with Gasteiger partial charge in [0.25, 0.3) is 0 Å². The Morgan fingerprint density at radius 1 is 0.873 bits per heavy atom. The lowest BCUT2D eigenvalue weighted by Gasteiger charge is -2.53. The summed E-state index contributed by atoms with van der Waals surface area (Å²) in [6.45, 7) is 23.6. The molecule has 2 amide bonds. The average molecular weight is 903 g/mol. The van der Waals surface area contributed by atoms with E-state index >= 15 is 0 Å². The summed E-state index contributed by atoms with van der Waals surface area (Å²) in [6, 6.07) is -0.596. The number of hydrogen-bond donors (Lipinski definition) is 1. The first-order valence-electron chi connectivity index (χ1n) is 25.6. The van der Waals surface area contributed by atoms with Crippen molar-refractivity contribution >= 4 is 26.3 Å². The molecule has 1 unspecified atom stereocenters. The first-order chi connectivity index (χ1) is 30.2. The van der Waals surface area contributed by atoms with Gasteiger partial charge in [0.2, 0.25) is 8.32 Å². The second-order valence-electron chi connectivity index (χ2n) is 20.1. The molecule has 11 nitrogen and oxygen atoms in total. The van der Waals surface area contributed by atoms with Crippen LogP contribution in [0.25, 0.3) is 0 Å². The molecule has 4 saturated heterocycles. The highest BCUT2D eigenvalue weighted by Gasteiger charge is 2.61. The Kier molecular flexibility index (Phi) is 22.7. The second kappa shape index (κ2) is 26.8. The molecule has 4 fully saturated rings. The number of nitrogens with zero attached hydrogens (tertiary/aromatic N) is 1. The molecule has 1 spiro atoms. The molecule has 12 heteroatoms. The Bertz CT molecular complexity index is 1390. The van der Waals surface area contributed by atoms with Crippen LogP contribution in [0.1, 0.15) is 197 Å². The van der Waals surface area contributed by atoms with Gasteiger partial charge in [-0.25, -0.2) is 4.79 Å². The molecule has 4 aliphatic rings. The summed E-state index contributed by atoms with van der Waals surface area (Å²) in [6.07, 6.45) is 27.0. The maximum atomic E-state index is 14.2. The van der Waals surface area contributed by atoms with Crippen molar-refractivity contribution in [2.75, 3.05) is 26.4 Å². The number of urea groups is 1.